The number of nitrogens with one attached hydrogen (secondary N) is 1. The summed E-state index contributed by atoms with van der Waals surface area (Å²) in [5, 5.41) is 20.5. The first-order chi connectivity index (χ1) is 11.9. The number of amidine groups is 1. The summed E-state index contributed by atoms with van der Waals surface area (Å²) in [7, 11) is 1.23. The number of phenols is 1. The molecular formula is C17H19N3O4S. The summed E-state index contributed by atoms with van der Waals surface area (Å²) < 4.78 is 4.48. The monoisotopic (exact) mass is 361 g/mol. The Morgan fingerprint density at radius 1 is 1.48 bits per heavy atom. The van der Waals surface area contributed by atoms with Crippen LogP contribution in [0.4, 0.5) is 0 Å². The molecule has 0 radical (unpaired) electrons. The number of methoxy groups -OCH3 is 1. The second-order valence-corrected chi connectivity index (χ2v) is 6.40. The molecule has 1 unspecified atom stereocenters. The summed E-state index contributed by atoms with van der Waals surface area (Å²) in [6, 6.07) is 5.36. The molecule has 1 aromatic carbocycles. The molecule has 1 atom stereocenters. The van der Waals surface area contributed by atoms with Gasteiger partial charge < -0.3 is 9.84 Å². The van der Waals surface area contributed by atoms with Gasteiger partial charge in [0.05, 0.1) is 18.2 Å². The number of nitrogens with zero attached hydrogens (tertiary/aromatic N) is 2. The first-order valence-electron chi connectivity index (χ1n) is 7.67. The van der Waals surface area contributed by atoms with Gasteiger partial charge in [-0.15, -0.1) is 5.10 Å². The van der Waals surface area contributed by atoms with Crippen LogP contribution in [-0.4, -0.2) is 35.5 Å². The van der Waals surface area contributed by atoms with Crippen molar-refractivity contribution in [2.75, 3.05) is 7.11 Å². The van der Waals surface area contributed by atoms with Crippen LogP contribution in [0.3, 0.4) is 0 Å². The van der Waals surface area contributed by atoms with Gasteiger partial charge in [0.2, 0.25) is 0 Å². The Hall–Kier alpha value is -2.61. The lowest BCUT2D eigenvalue weighted by molar-refractivity contribution is -0.135. The van der Waals surface area contributed by atoms with E-state index >= 15 is 0 Å². The van der Waals surface area contributed by atoms with Crippen molar-refractivity contribution < 1.29 is 19.4 Å². The van der Waals surface area contributed by atoms with Crippen molar-refractivity contribution in [3.8, 4) is 5.75 Å². The Balaban J connectivity index is 2.13. The third kappa shape index (κ3) is 4.93. The Kier molecular flexibility index (Phi) is 6.35. The number of benzene rings is 1. The molecule has 1 aliphatic rings. The molecule has 132 valence electrons. The number of hydrogen-bond acceptors (Lipinski definition) is 7. The first-order valence-corrected chi connectivity index (χ1v) is 8.49. The normalized spacial score (nSPS) is 18.8. The number of ether oxygens (including phenoxy) is 1. The summed E-state index contributed by atoms with van der Waals surface area (Å²) in [6.07, 6.45) is 3.50. The summed E-state index contributed by atoms with van der Waals surface area (Å²) in [5.74, 6) is -0.583. The van der Waals surface area contributed by atoms with E-state index in [1.165, 1.54) is 13.3 Å². The van der Waals surface area contributed by atoms with Gasteiger partial charge in [-0.1, -0.05) is 19.9 Å². The predicted molar refractivity (Wildman–Crippen MR) is 97.7 cm³/mol. The highest BCUT2D eigenvalue weighted by atomic mass is 32.2. The molecule has 1 saturated heterocycles. The minimum atomic E-state index is -0.616. The molecule has 0 saturated carbocycles. The smallest absolute Gasteiger partial charge is 0.331 e. The number of phenolic OH excluding ortho intramolecular Hbond substituents is 1. The number of amides is 1. The largest absolute Gasteiger partial charge is 0.507 e. The van der Waals surface area contributed by atoms with Crippen LogP contribution in [-0.2, 0) is 14.3 Å². The van der Waals surface area contributed by atoms with Gasteiger partial charge in [0, 0.05) is 11.6 Å². The highest BCUT2D eigenvalue weighted by Crippen LogP contribution is 2.25. The van der Waals surface area contributed by atoms with Gasteiger partial charge in [-0.3, -0.25) is 10.1 Å². The van der Waals surface area contributed by atoms with Gasteiger partial charge in [0.15, 0.2) is 5.17 Å². The van der Waals surface area contributed by atoms with Gasteiger partial charge in [-0.25, -0.2) is 4.79 Å². The molecule has 1 fully saturated rings. The van der Waals surface area contributed by atoms with E-state index in [0.29, 0.717) is 11.5 Å². The third-order valence-corrected chi connectivity index (χ3v) is 4.58. The number of thioether (sulfide) groups is 1. The number of hydrogen-bond donors (Lipinski definition) is 2. The van der Waals surface area contributed by atoms with Crippen LogP contribution in [0.25, 0.3) is 0 Å². The van der Waals surface area contributed by atoms with Crippen LogP contribution < -0.4 is 5.32 Å². The van der Waals surface area contributed by atoms with E-state index in [-0.39, 0.29) is 15.8 Å². The van der Waals surface area contributed by atoms with Gasteiger partial charge in [0.25, 0.3) is 5.91 Å². The quantitative estimate of drug-likeness (QED) is 0.363. The summed E-state index contributed by atoms with van der Waals surface area (Å²) in [5.41, 5.74) is 1.64. The zero-order chi connectivity index (χ0) is 18.4. The molecule has 8 heteroatoms. The van der Waals surface area contributed by atoms with Crippen LogP contribution in [0.15, 0.2) is 39.4 Å². The molecule has 25 heavy (non-hydrogen) atoms. The molecule has 1 aromatic rings. The lowest BCUT2D eigenvalue weighted by Gasteiger charge is -2.10. The summed E-state index contributed by atoms with van der Waals surface area (Å²) >= 11 is 0.987. The van der Waals surface area contributed by atoms with Crippen molar-refractivity contribution in [3.63, 3.8) is 0 Å². The van der Waals surface area contributed by atoms with Gasteiger partial charge in [-0.2, -0.15) is 5.10 Å². The van der Waals surface area contributed by atoms with Gasteiger partial charge in [0.1, 0.15) is 5.75 Å². The molecule has 0 aliphatic carbocycles. The zero-order valence-corrected chi connectivity index (χ0v) is 15.0. The Bertz CT molecular complexity index is 771. The predicted octanol–water partition coefficient (Wildman–Crippen LogP) is 2.52. The molecule has 1 heterocycles. The van der Waals surface area contributed by atoms with Crippen molar-refractivity contribution >= 4 is 35.0 Å². The number of carbonyl (C=O) groups excluding carboxylic acids is 2. The molecule has 0 bridgehead atoms. The Morgan fingerprint density at radius 3 is 2.92 bits per heavy atom. The average Bonchev–Trinajstić information content (AvgIpc) is 2.95. The lowest BCUT2D eigenvalue weighted by atomic mass is 9.97. The topological polar surface area (TPSA) is 100 Å². The van der Waals surface area contributed by atoms with Crippen LogP contribution in [0, 0.1) is 0 Å². The number of rotatable bonds is 5. The van der Waals surface area contributed by atoms with E-state index in [1.54, 1.807) is 6.07 Å². The zero-order valence-electron chi connectivity index (χ0n) is 14.1. The Morgan fingerprint density at radius 2 is 2.24 bits per heavy atom. The second-order valence-electron chi connectivity index (χ2n) is 5.37. The fourth-order valence-electron chi connectivity index (χ4n) is 2.00. The molecular weight excluding hydrogens is 342 g/mol. The van der Waals surface area contributed by atoms with Crippen molar-refractivity contribution in [3.05, 3.63) is 40.3 Å². The maximum atomic E-state index is 11.7. The van der Waals surface area contributed by atoms with Crippen molar-refractivity contribution in [2.24, 2.45) is 10.2 Å². The van der Waals surface area contributed by atoms with Crippen molar-refractivity contribution in [1.82, 2.24) is 5.32 Å². The van der Waals surface area contributed by atoms with E-state index in [4.69, 9.17) is 0 Å². The maximum Gasteiger partial charge on any atom is 0.331 e. The SMILES string of the molecule is CCC(C)c1ccc(O)c(C=N/N=C2/NC(=O)/C(=C\C(=O)OC)S2)c1. The molecule has 0 aromatic heterocycles. The van der Waals surface area contributed by atoms with E-state index in [9.17, 15) is 14.7 Å². The van der Waals surface area contributed by atoms with E-state index in [2.05, 4.69) is 34.1 Å². The fraction of sp³-hybridized carbons (Fsp3) is 0.294. The van der Waals surface area contributed by atoms with Crippen molar-refractivity contribution in [1.29, 1.82) is 0 Å². The summed E-state index contributed by atoms with van der Waals surface area (Å²) in [6.45, 7) is 4.20. The molecule has 2 N–H and O–H groups in total. The van der Waals surface area contributed by atoms with Crippen LogP contribution in [0.2, 0.25) is 0 Å². The highest BCUT2D eigenvalue weighted by molar-refractivity contribution is 8.18. The second kappa shape index (κ2) is 8.48. The molecule has 2 rings (SSSR count). The first kappa shape index (κ1) is 18.7. The molecule has 7 nitrogen and oxygen atoms in total. The Labute approximate surface area is 149 Å². The number of aromatic hydroxyl groups is 1. The lowest BCUT2D eigenvalue weighted by Crippen LogP contribution is -2.19. The fourth-order valence-corrected chi connectivity index (χ4v) is 2.74. The molecule has 0 spiro atoms. The van der Waals surface area contributed by atoms with Crippen molar-refractivity contribution in [2.45, 2.75) is 26.2 Å². The van der Waals surface area contributed by atoms with Gasteiger partial charge >= 0.3 is 5.97 Å². The van der Waals surface area contributed by atoms with Crippen LogP contribution >= 0.6 is 11.8 Å². The standard InChI is InChI=1S/C17H19N3O4S/c1-4-10(2)11-5-6-13(21)12(7-11)9-18-20-17-19-16(23)14(25-17)8-15(22)24-3/h5-10,21H,4H2,1-3H3,(H,19,20,23)/b14-8+,18-9?. The highest BCUT2D eigenvalue weighted by Gasteiger charge is 2.25. The van der Waals surface area contributed by atoms with Crippen LogP contribution in [0.5, 0.6) is 5.75 Å². The van der Waals surface area contributed by atoms with E-state index < -0.39 is 11.9 Å². The third-order valence-electron chi connectivity index (χ3n) is 3.68. The molecule has 1 aliphatic heterocycles. The van der Waals surface area contributed by atoms with Gasteiger partial charge in [-0.05, 0) is 41.8 Å². The number of carbonyl (C=O) groups is 2. The average molecular weight is 361 g/mol. The number of esters is 1. The van der Waals surface area contributed by atoms with E-state index in [0.717, 1.165) is 29.8 Å². The molecule has 1 amide bonds. The maximum absolute atomic E-state index is 11.7. The van der Waals surface area contributed by atoms with Crippen LogP contribution in [0.1, 0.15) is 37.3 Å². The minimum Gasteiger partial charge on any atom is -0.507 e. The summed E-state index contributed by atoms with van der Waals surface area (Å²) in [4.78, 5) is 23.1. The van der Waals surface area contributed by atoms with E-state index in [1.807, 2.05) is 12.1 Å². The minimum absolute atomic E-state index is 0.102.